The molecule has 2 aromatic carbocycles. The molecule has 0 radical (unpaired) electrons. The van der Waals surface area contributed by atoms with E-state index in [0.717, 1.165) is 0 Å². The van der Waals surface area contributed by atoms with Gasteiger partial charge < -0.3 is 4.74 Å². The zero-order chi connectivity index (χ0) is 20.8. The van der Waals surface area contributed by atoms with Crippen molar-refractivity contribution in [1.29, 1.82) is 0 Å². The van der Waals surface area contributed by atoms with E-state index in [-0.39, 0.29) is 17.6 Å². The number of Topliss-reactive ketones (excluding diaryl/α,β-unsaturated/α-hetero) is 1. The molecule has 2 saturated heterocycles. The van der Waals surface area contributed by atoms with E-state index in [1.807, 2.05) is 12.1 Å². The number of ether oxygens (including phenoxy) is 1. The third-order valence-corrected chi connectivity index (χ3v) is 5.95. The molecule has 3 aliphatic heterocycles. The van der Waals surface area contributed by atoms with Crippen molar-refractivity contribution >= 4 is 29.5 Å². The zero-order valence-electron chi connectivity index (χ0n) is 16.2. The predicted octanol–water partition coefficient (Wildman–Crippen LogP) is 2.29. The summed E-state index contributed by atoms with van der Waals surface area (Å²) < 4.78 is 5.16. The molecule has 0 spiro atoms. The lowest BCUT2D eigenvalue weighted by molar-refractivity contribution is -0.123. The molecule has 3 heterocycles. The van der Waals surface area contributed by atoms with E-state index in [2.05, 4.69) is 5.10 Å². The molecule has 0 aliphatic carbocycles. The summed E-state index contributed by atoms with van der Waals surface area (Å²) in [7, 11) is 1.55. The van der Waals surface area contributed by atoms with Crippen LogP contribution < -0.4 is 9.64 Å². The first-order valence-electron chi connectivity index (χ1n) is 9.72. The number of anilines is 1. The van der Waals surface area contributed by atoms with Gasteiger partial charge in [-0.15, -0.1) is 0 Å². The van der Waals surface area contributed by atoms with E-state index in [1.54, 1.807) is 72.9 Å². The molecule has 0 N–H and O–H groups in total. The number of allylic oxidation sites excluding steroid dienone is 1. The highest BCUT2D eigenvalue weighted by atomic mass is 16.5. The van der Waals surface area contributed by atoms with E-state index in [9.17, 15) is 14.4 Å². The van der Waals surface area contributed by atoms with Gasteiger partial charge in [0.2, 0.25) is 11.8 Å². The Morgan fingerprint density at radius 2 is 1.67 bits per heavy atom. The van der Waals surface area contributed by atoms with Gasteiger partial charge >= 0.3 is 0 Å². The summed E-state index contributed by atoms with van der Waals surface area (Å²) in [5.41, 5.74) is 0.968. The molecule has 2 fully saturated rings. The molecule has 150 valence electrons. The fourth-order valence-electron chi connectivity index (χ4n) is 4.60. The quantitative estimate of drug-likeness (QED) is 0.580. The zero-order valence-corrected chi connectivity index (χ0v) is 16.2. The van der Waals surface area contributed by atoms with Crippen LogP contribution in [-0.4, -0.2) is 48.0 Å². The average molecular weight is 401 g/mol. The first-order chi connectivity index (χ1) is 14.6. The Morgan fingerprint density at radius 1 is 0.967 bits per heavy atom. The Morgan fingerprint density at radius 3 is 2.37 bits per heavy atom. The normalized spacial score (nSPS) is 26.7. The number of benzene rings is 2. The molecule has 7 nitrogen and oxygen atoms in total. The van der Waals surface area contributed by atoms with Crippen LogP contribution in [0.15, 0.2) is 71.9 Å². The second-order valence-corrected chi connectivity index (χ2v) is 7.46. The maximum atomic E-state index is 13.5. The van der Waals surface area contributed by atoms with Gasteiger partial charge in [0, 0.05) is 11.8 Å². The molecule has 30 heavy (non-hydrogen) atoms. The molecule has 5 rings (SSSR count). The second-order valence-electron chi connectivity index (χ2n) is 7.46. The highest BCUT2D eigenvalue weighted by molar-refractivity contribution is 6.24. The number of hydrazone groups is 1. The van der Waals surface area contributed by atoms with Crippen LogP contribution in [0.25, 0.3) is 0 Å². The number of nitrogens with zero attached hydrogens (tertiary/aromatic N) is 3. The summed E-state index contributed by atoms with van der Waals surface area (Å²) in [5.74, 6) is -1.72. The molecule has 0 saturated carbocycles. The minimum atomic E-state index is -0.830. The summed E-state index contributed by atoms with van der Waals surface area (Å²) in [6.07, 6.45) is 5.17. The van der Waals surface area contributed by atoms with Crippen LogP contribution in [0.4, 0.5) is 5.69 Å². The molecule has 4 atom stereocenters. The summed E-state index contributed by atoms with van der Waals surface area (Å²) in [6, 6.07) is 14.3. The summed E-state index contributed by atoms with van der Waals surface area (Å²) in [6.45, 7) is 0. The number of methoxy groups -OCH3 is 1. The van der Waals surface area contributed by atoms with Crippen LogP contribution in [0.3, 0.4) is 0 Å². The topological polar surface area (TPSA) is 79.3 Å². The van der Waals surface area contributed by atoms with Gasteiger partial charge in [0.15, 0.2) is 5.78 Å². The lowest BCUT2D eigenvalue weighted by Gasteiger charge is -2.30. The molecule has 0 aromatic heterocycles. The lowest BCUT2D eigenvalue weighted by atomic mass is 9.86. The summed E-state index contributed by atoms with van der Waals surface area (Å²) >= 11 is 0. The van der Waals surface area contributed by atoms with Gasteiger partial charge in [0.25, 0.3) is 0 Å². The number of rotatable bonds is 4. The third-order valence-electron chi connectivity index (χ3n) is 5.95. The lowest BCUT2D eigenvalue weighted by Crippen LogP contribution is -2.46. The first-order valence-corrected chi connectivity index (χ1v) is 9.72. The van der Waals surface area contributed by atoms with Crippen molar-refractivity contribution in [2.45, 2.75) is 12.1 Å². The van der Waals surface area contributed by atoms with E-state index >= 15 is 0 Å². The number of ketones is 1. The number of carbonyl (C=O) groups is 3. The number of carbonyl (C=O) groups excluding carboxylic acids is 3. The number of hydrogen-bond donors (Lipinski definition) is 0. The average Bonchev–Trinajstić information content (AvgIpc) is 3.27. The first kappa shape index (κ1) is 18.3. The van der Waals surface area contributed by atoms with Crippen molar-refractivity contribution in [3.63, 3.8) is 0 Å². The highest BCUT2D eigenvalue weighted by Gasteiger charge is 2.64. The molecule has 2 aromatic rings. The van der Waals surface area contributed by atoms with Crippen LogP contribution in [0, 0.1) is 11.8 Å². The monoisotopic (exact) mass is 401 g/mol. The van der Waals surface area contributed by atoms with Crippen LogP contribution in [-0.2, 0) is 9.59 Å². The van der Waals surface area contributed by atoms with Crippen molar-refractivity contribution in [2.24, 2.45) is 16.9 Å². The van der Waals surface area contributed by atoms with Gasteiger partial charge in [-0.1, -0.05) is 36.4 Å². The minimum Gasteiger partial charge on any atom is -0.497 e. The third kappa shape index (κ3) is 2.58. The van der Waals surface area contributed by atoms with Crippen LogP contribution >= 0.6 is 0 Å². The van der Waals surface area contributed by atoms with Crippen molar-refractivity contribution in [3.05, 3.63) is 72.3 Å². The van der Waals surface area contributed by atoms with Gasteiger partial charge in [-0.05, 0) is 30.3 Å². The predicted molar refractivity (Wildman–Crippen MR) is 110 cm³/mol. The van der Waals surface area contributed by atoms with Gasteiger partial charge in [0.05, 0.1) is 30.7 Å². The second kappa shape index (κ2) is 6.95. The van der Waals surface area contributed by atoms with E-state index in [4.69, 9.17) is 4.74 Å². The Labute approximate surface area is 173 Å². The number of imide groups is 1. The van der Waals surface area contributed by atoms with Crippen molar-refractivity contribution < 1.29 is 19.1 Å². The van der Waals surface area contributed by atoms with Gasteiger partial charge in [-0.2, -0.15) is 5.10 Å². The van der Waals surface area contributed by atoms with E-state index in [0.29, 0.717) is 17.0 Å². The molecular formula is C23H19N3O4. The molecule has 2 amide bonds. The Hall–Kier alpha value is -3.74. The van der Waals surface area contributed by atoms with Crippen molar-refractivity contribution in [1.82, 2.24) is 5.01 Å². The number of hydrogen-bond acceptors (Lipinski definition) is 6. The van der Waals surface area contributed by atoms with Gasteiger partial charge in [-0.25, -0.2) is 4.90 Å². The maximum absolute atomic E-state index is 13.5. The van der Waals surface area contributed by atoms with Crippen molar-refractivity contribution in [2.75, 3.05) is 12.0 Å². The van der Waals surface area contributed by atoms with Crippen LogP contribution in [0.5, 0.6) is 5.75 Å². The Bertz CT molecular complexity index is 1080. The fraction of sp³-hybridized carbons (Fsp3) is 0.217. The Balaban J connectivity index is 1.56. The number of amides is 2. The van der Waals surface area contributed by atoms with E-state index < -0.39 is 23.9 Å². The Kier molecular flexibility index (Phi) is 4.24. The van der Waals surface area contributed by atoms with Crippen molar-refractivity contribution in [3.8, 4) is 5.75 Å². The fourth-order valence-corrected chi connectivity index (χ4v) is 4.60. The summed E-state index contributed by atoms with van der Waals surface area (Å²) in [4.78, 5) is 41.4. The smallest absolute Gasteiger partial charge is 0.240 e. The summed E-state index contributed by atoms with van der Waals surface area (Å²) in [5, 5.41) is 5.97. The number of fused-ring (bicyclic) bond motifs is 3. The molecule has 0 unspecified atom stereocenters. The molecule has 3 aliphatic rings. The van der Waals surface area contributed by atoms with Crippen LogP contribution in [0.2, 0.25) is 0 Å². The van der Waals surface area contributed by atoms with Crippen LogP contribution in [0.1, 0.15) is 10.4 Å². The minimum absolute atomic E-state index is 0.210. The van der Waals surface area contributed by atoms with Gasteiger partial charge in [-0.3, -0.25) is 19.4 Å². The SMILES string of the molecule is COc1ccc(N2C(=O)[C@@H]3[C@H](C2=O)[C@H](C(=O)c2ccccc2)N2N=CC=C[C@@H]32)cc1. The van der Waals surface area contributed by atoms with Gasteiger partial charge in [0.1, 0.15) is 11.8 Å². The van der Waals surface area contributed by atoms with E-state index in [1.165, 1.54) is 4.90 Å². The highest BCUT2D eigenvalue weighted by Crippen LogP contribution is 2.46. The standard InChI is InChI=1S/C23H19N3O4/c1-30-16-11-9-15(10-12-16)25-22(28)18-17-8-5-13-24-26(17)20(19(18)23(25)29)21(27)14-6-3-2-4-7-14/h2-13,17-20H,1H3/t17-,18-,19-,20+/m0/s1. The molecular weight excluding hydrogens is 382 g/mol. The maximum Gasteiger partial charge on any atom is 0.240 e. The molecule has 0 bridgehead atoms. The molecule has 7 heteroatoms. The largest absolute Gasteiger partial charge is 0.497 e.